The first-order valence-electron chi connectivity index (χ1n) is 7.91. The molecule has 2 fully saturated rings. The van der Waals surface area contributed by atoms with Crippen LogP contribution in [0.3, 0.4) is 0 Å². The van der Waals surface area contributed by atoms with Crippen molar-refractivity contribution in [3.8, 4) is 0 Å². The standard InChI is InChI=1S/C16H23N3O3/c1-10-8-11(2)18-15(20)12(10)9-17-16(21)19-6-7-22-14-5-3-4-13(14)19/h8,13-14H,3-7,9H2,1-2H3,(H,17,21)(H,18,20)/t13-,14-/m0/s1. The van der Waals surface area contributed by atoms with Crippen molar-refractivity contribution in [3.05, 3.63) is 33.2 Å². The maximum atomic E-state index is 12.5. The van der Waals surface area contributed by atoms with Gasteiger partial charge in [-0.1, -0.05) is 0 Å². The second kappa shape index (κ2) is 6.12. The summed E-state index contributed by atoms with van der Waals surface area (Å²) in [7, 11) is 0. The summed E-state index contributed by atoms with van der Waals surface area (Å²) in [5, 5.41) is 2.89. The molecule has 2 atom stereocenters. The van der Waals surface area contributed by atoms with Crippen LogP contribution < -0.4 is 10.9 Å². The maximum Gasteiger partial charge on any atom is 0.318 e. The van der Waals surface area contributed by atoms with Gasteiger partial charge in [-0.05, 0) is 44.7 Å². The van der Waals surface area contributed by atoms with E-state index in [1.54, 1.807) is 0 Å². The van der Waals surface area contributed by atoms with Crippen LogP contribution in [0, 0.1) is 13.8 Å². The van der Waals surface area contributed by atoms with Gasteiger partial charge in [-0.2, -0.15) is 0 Å². The van der Waals surface area contributed by atoms with Gasteiger partial charge < -0.3 is 19.9 Å². The summed E-state index contributed by atoms with van der Waals surface area (Å²) in [6, 6.07) is 2.01. The molecule has 1 aliphatic heterocycles. The first kappa shape index (κ1) is 15.1. The normalized spacial score (nSPS) is 24.2. The molecular weight excluding hydrogens is 282 g/mol. The minimum Gasteiger partial charge on any atom is -0.374 e. The molecule has 0 unspecified atom stereocenters. The number of nitrogens with one attached hydrogen (secondary N) is 2. The highest BCUT2D eigenvalue weighted by molar-refractivity contribution is 5.74. The third-order valence-electron chi connectivity index (χ3n) is 4.65. The predicted octanol–water partition coefficient (Wildman–Crippen LogP) is 1.45. The Morgan fingerprint density at radius 1 is 1.45 bits per heavy atom. The maximum absolute atomic E-state index is 12.5. The van der Waals surface area contributed by atoms with Crippen molar-refractivity contribution in [2.75, 3.05) is 13.2 Å². The molecule has 0 spiro atoms. The molecule has 1 saturated carbocycles. The van der Waals surface area contributed by atoms with Gasteiger partial charge in [-0.3, -0.25) is 4.79 Å². The number of hydrogen-bond donors (Lipinski definition) is 2. The topological polar surface area (TPSA) is 74.4 Å². The van der Waals surface area contributed by atoms with Gasteiger partial charge in [0.2, 0.25) is 0 Å². The van der Waals surface area contributed by atoms with Gasteiger partial charge in [-0.15, -0.1) is 0 Å². The molecule has 0 radical (unpaired) electrons. The summed E-state index contributed by atoms with van der Waals surface area (Å²) in [6.45, 7) is 5.22. The van der Waals surface area contributed by atoms with E-state index in [1.807, 2.05) is 24.8 Å². The summed E-state index contributed by atoms with van der Waals surface area (Å²) in [5.74, 6) is 0. The van der Waals surface area contributed by atoms with Gasteiger partial charge in [0.05, 0.1) is 25.3 Å². The number of morpholine rings is 1. The molecule has 1 aliphatic carbocycles. The van der Waals surface area contributed by atoms with E-state index in [2.05, 4.69) is 10.3 Å². The lowest BCUT2D eigenvalue weighted by Crippen LogP contribution is -2.54. The lowest BCUT2D eigenvalue weighted by atomic mass is 10.1. The van der Waals surface area contributed by atoms with Gasteiger partial charge in [0.15, 0.2) is 0 Å². The van der Waals surface area contributed by atoms with Crippen LogP contribution in [0.15, 0.2) is 10.9 Å². The quantitative estimate of drug-likeness (QED) is 0.868. The average molecular weight is 305 g/mol. The number of nitrogens with zero attached hydrogens (tertiary/aromatic N) is 1. The third kappa shape index (κ3) is 2.88. The van der Waals surface area contributed by atoms with Gasteiger partial charge in [0.25, 0.3) is 5.56 Å². The molecule has 2 N–H and O–H groups in total. The van der Waals surface area contributed by atoms with Gasteiger partial charge >= 0.3 is 6.03 Å². The molecule has 2 aliphatic rings. The molecule has 1 saturated heterocycles. The lowest BCUT2D eigenvalue weighted by molar-refractivity contribution is -0.0383. The minimum atomic E-state index is -0.126. The zero-order chi connectivity index (χ0) is 15.7. The average Bonchev–Trinajstić information content (AvgIpc) is 2.94. The van der Waals surface area contributed by atoms with Crippen molar-refractivity contribution in [2.45, 2.75) is 51.8 Å². The van der Waals surface area contributed by atoms with Crippen LogP contribution in [0.2, 0.25) is 0 Å². The van der Waals surface area contributed by atoms with E-state index in [0.717, 1.165) is 30.5 Å². The number of aromatic nitrogens is 1. The minimum absolute atomic E-state index is 0.0976. The number of carbonyl (C=O) groups excluding carboxylic acids is 1. The van der Waals surface area contributed by atoms with Crippen LogP contribution >= 0.6 is 0 Å². The molecule has 3 rings (SSSR count). The number of amides is 2. The van der Waals surface area contributed by atoms with E-state index in [9.17, 15) is 9.59 Å². The Balaban J connectivity index is 1.66. The van der Waals surface area contributed by atoms with Gasteiger partial charge in [-0.25, -0.2) is 4.79 Å². The molecule has 2 heterocycles. The SMILES string of the molecule is Cc1cc(C)c(CNC(=O)N2CCO[C@H]3CCC[C@@H]32)c(=O)[nH]1. The molecule has 22 heavy (non-hydrogen) atoms. The Kier molecular flexibility index (Phi) is 4.20. The van der Waals surface area contributed by atoms with E-state index in [1.165, 1.54) is 0 Å². The number of pyridine rings is 1. The van der Waals surface area contributed by atoms with Gasteiger partial charge in [0, 0.05) is 17.8 Å². The van der Waals surface area contributed by atoms with Crippen molar-refractivity contribution < 1.29 is 9.53 Å². The zero-order valence-corrected chi connectivity index (χ0v) is 13.1. The second-order valence-electron chi connectivity index (χ2n) is 6.20. The van der Waals surface area contributed by atoms with Crippen LogP contribution in [0.4, 0.5) is 4.79 Å². The fraction of sp³-hybridized carbons (Fsp3) is 0.625. The highest BCUT2D eigenvalue weighted by Gasteiger charge is 2.38. The van der Waals surface area contributed by atoms with E-state index < -0.39 is 0 Å². The Morgan fingerprint density at radius 3 is 3.05 bits per heavy atom. The number of aromatic amines is 1. The van der Waals surface area contributed by atoms with E-state index >= 15 is 0 Å². The van der Waals surface area contributed by atoms with E-state index in [0.29, 0.717) is 18.7 Å². The van der Waals surface area contributed by atoms with E-state index in [4.69, 9.17) is 4.74 Å². The van der Waals surface area contributed by atoms with Crippen LogP contribution in [0.5, 0.6) is 0 Å². The van der Waals surface area contributed by atoms with Crippen molar-refractivity contribution in [1.82, 2.24) is 15.2 Å². The number of carbonyl (C=O) groups is 1. The monoisotopic (exact) mass is 305 g/mol. The van der Waals surface area contributed by atoms with Crippen LogP contribution in [-0.4, -0.2) is 41.2 Å². The van der Waals surface area contributed by atoms with Crippen molar-refractivity contribution in [3.63, 3.8) is 0 Å². The van der Waals surface area contributed by atoms with Crippen molar-refractivity contribution in [2.24, 2.45) is 0 Å². The fourth-order valence-corrected chi connectivity index (χ4v) is 3.54. The Hall–Kier alpha value is -1.82. The summed E-state index contributed by atoms with van der Waals surface area (Å²) in [4.78, 5) is 29.1. The first-order valence-corrected chi connectivity index (χ1v) is 7.91. The lowest BCUT2D eigenvalue weighted by Gasteiger charge is -2.37. The molecule has 1 aromatic heterocycles. The van der Waals surface area contributed by atoms with Crippen LogP contribution in [0.25, 0.3) is 0 Å². The fourth-order valence-electron chi connectivity index (χ4n) is 3.54. The summed E-state index contributed by atoms with van der Waals surface area (Å²) in [6.07, 6.45) is 3.33. The molecule has 0 bridgehead atoms. The highest BCUT2D eigenvalue weighted by Crippen LogP contribution is 2.29. The molecule has 2 amide bonds. The summed E-state index contributed by atoms with van der Waals surface area (Å²) >= 11 is 0. The zero-order valence-electron chi connectivity index (χ0n) is 13.1. The third-order valence-corrected chi connectivity index (χ3v) is 4.65. The summed E-state index contributed by atoms with van der Waals surface area (Å²) < 4.78 is 5.72. The predicted molar refractivity (Wildman–Crippen MR) is 82.9 cm³/mol. The largest absolute Gasteiger partial charge is 0.374 e. The molecule has 120 valence electrons. The molecule has 1 aromatic rings. The number of urea groups is 1. The molecular formula is C16H23N3O3. The number of fused-ring (bicyclic) bond motifs is 1. The van der Waals surface area contributed by atoms with Crippen LogP contribution in [0.1, 0.15) is 36.1 Å². The molecule has 6 heteroatoms. The van der Waals surface area contributed by atoms with E-state index in [-0.39, 0.29) is 30.3 Å². The number of ether oxygens (including phenoxy) is 1. The van der Waals surface area contributed by atoms with Crippen molar-refractivity contribution in [1.29, 1.82) is 0 Å². The smallest absolute Gasteiger partial charge is 0.318 e. The number of H-pyrrole nitrogens is 1. The Morgan fingerprint density at radius 2 is 2.27 bits per heavy atom. The second-order valence-corrected chi connectivity index (χ2v) is 6.20. The number of aryl methyl sites for hydroxylation is 2. The number of rotatable bonds is 2. The molecule has 0 aromatic carbocycles. The first-order chi connectivity index (χ1) is 10.6. The van der Waals surface area contributed by atoms with Crippen LogP contribution in [-0.2, 0) is 11.3 Å². The van der Waals surface area contributed by atoms with Gasteiger partial charge in [0.1, 0.15) is 0 Å². The highest BCUT2D eigenvalue weighted by atomic mass is 16.5. The Labute approximate surface area is 129 Å². The Bertz CT molecular complexity index is 626. The summed E-state index contributed by atoms with van der Waals surface area (Å²) in [5.41, 5.74) is 2.23. The number of hydrogen-bond acceptors (Lipinski definition) is 3. The molecule has 6 nitrogen and oxygen atoms in total. The van der Waals surface area contributed by atoms with Crippen molar-refractivity contribution >= 4 is 6.03 Å².